The van der Waals surface area contributed by atoms with Gasteiger partial charge in [0.1, 0.15) is 5.03 Å². The number of ether oxygens (including phenoxy) is 1. The fourth-order valence-corrected chi connectivity index (χ4v) is 3.40. The van der Waals surface area contributed by atoms with Gasteiger partial charge in [-0.3, -0.25) is 0 Å². The monoisotopic (exact) mass is 386 g/mol. The number of methoxy groups -OCH3 is 1. The molecular formula is C15H16BrClN2OS. The van der Waals surface area contributed by atoms with Crippen molar-refractivity contribution in [3.63, 3.8) is 0 Å². The van der Waals surface area contributed by atoms with Crippen LogP contribution >= 0.6 is 39.3 Å². The number of hydrogen-bond donors (Lipinski definition) is 1. The van der Waals surface area contributed by atoms with Gasteiger partial charge in [0.05, 0.1) is 11.1 Å². The predicted octanol–water partition coefficient (Wildman–Crippen LogP) is 4.38. The van der Waals surface area contributed by atoms with Gasteiger partial charge in [0.2, 0.25) is 0 Å². The molecule has 1 heterocycles. The molecule has 0 radical (unpaired) electrons. The SMILES string of the molecule is COCCNCc1ccc(Cl)cc1Sc1ncccc1Br. The molecule has 0 saturated heterocycles. The van der Waals surface area contributed by atoms with Crippen molar-refractivity contribution >= 4 is 39.3 Å². The van der Waals surface area contributed by atoms with E-state index in [0.29, 0.717) is 6.61 Å². The Morgan fingerprint density at radius 1 is 1.38 bits per heavy atom. The van der Waals surface area contributed by atoms with Crippen molar-refractivity contribution in [2.75, 3.05) is 20.3 Å². The molecule has 0 spiro atoms. The molecule has 2 aromatic rings. The van der Waals surface area contributed by atoms with Crippen LogP contribution in [0.3, 0.4) is 0 Å². The maximum atomic E-state index is 6.12. The van der Waals surface area contributed by atoms with Crippen LogP contribution in [0.1, 0.15) is 5.56 Å². The molecule has 6 heteroatoms. The summed E-state index contributed by atoms with van der Waals surface area (Å²) in [5.41, 5.74) is 1.19. The first-order valence-electron chi connectivity index (χ1n) is 6.47. The number of nitrogens with zero attached hydrogens (tertiary/aromatic N) is 1. The van der Waals surface area contributed by atoms with Gasteiger partial charge in [-0.05, 0) is 45.8 Å². The highest BCUT2D eigenvalue weighted by molar-refractivity contribution is 9.10. The number of halogens is 2. The Labute approximate surface area is 142 Å². The third-order valence-corrected chi connectivity index (χ3v) is 5.02. The minimum absolute atomic E-state index is 0.696. The molecule has 1 N–H and O–H groups in total. The fourth-order valence-electron chi connectivity index (χ4n) is 1.72. The molecule has 21 heavy (non-hydrogen) atoms. The molecule has 0 unspecified atom stereocenters. The van der Waals surface area contributed by atoms with Crippen LogP contribution in [0, 0.1) is 0 Å². The Morgan fingerprint density at radius 2 is 2.24 bits per heavy atom. The van der Waals surface area contributed by atoms with Crippen LogP contribution in [-0.4, -0.2) is 25.2 Å². The zero-order valence-electron chi connectivity index (χ0n) is 11.6. The van der Waals surface area contributed by atoms with E-state index in [1.807, 2.05) is 30.3 Å². The Hall–Kier alpha value is -0.590. The summed E-state index contributed by atoms with van der Waals surface area (Å²) in [6.45, 7) is 2.28. The predicted molar refractivity (Wildman–Crippen MR) is 91.1 cm³/mol. The standard InChI is InChI=1S/C15H16BrClN2OS/c1-20-8-7-18-10-11-4-5-12(17)9-14(11)21-15-13(16)3-2-6-19-15/h2-6,9,18H,7-8,10H2,1H3. The van der Waals surface area contributed by atoms with Gasteiger partial charge >= 0.3 is 0 Å². The van der Waals surface area contributed by atoms with E-state index in [-0.39, 0.29) is 0 Å². The van der Waals surface area contributed by atoms with Crippen molar-refractivity contribution < 1.29 is 4.74 Å². The molecule has 112 valence electrons. The lowest BCUT2D eigenvalue weighted by Gasteiger charge is -2.11. The van der Waals surface area contributed by atoms with Gasteiger partial charge in [-0.15, -0.1) is 0 Å². The van der Waals surface area contributed by atoms with Crippen LogP contribution in [0.4, 0.5) is 0 Å². The van der Waals surface area contributed by atoms with E-state index in [1.165, 1.54) is 5.56 Å². The lowest BCUT2D eigenvalue weighted by atomic mass is 10.2. The molecule has 0 bridgehead atoms. The van der Waals surface area contributed by atoms with Crippen molar-refractivity contribution in [1.29, 1.82) is 0 Å². The molecule has 0 saturated carbocycles. The van der Waals surface area contributed by atoms with Crippen LogP contribution in [0.15, 0.2) is 50.9 Å². The van der Waals surface area contributed by atoms with E-state index in [9.17, 15) is 0 Å². The summed E-state index contributed by atoms with van der Waals surface area (Å²) in [5.74, 6) is 0. The summed E-state index contributed by atoms with van der Waals surface area (Å²) in [4.78, 5) is 5.49. The second kappa shape index (κ2) is 8.76. The number of pyridine rings is 1. The highest BCUT2D eigenvalue weighted by Gasteiger charge is 2.09. The van der Waals surface area contributed by atoms with Crippen LogP contribution in [0.2, 0.25) is 5.02 Å². The van der Waals surface area contributed by atoms with Crippen LogP contribution in [0.25, 0.3) is 0 Å². The summed E-state index contributed by atoms with van der Waals surface area (Å²) in [6.07, 6.45) is 1.79. The molecule has 0 aliphatic carbocycles. The van der Waals surface area contributed by atoms with Gasteiger partial charge in [0, 0.05) is 36.3 Å². The molecule has 1 aromatic heterocycles. The van der Waals surface area contributed by atoms with Crippen molar-refractivity contribution in [1.82, 2.24) is 10.3 Å². The first-order valence-corrected chi connectivity index (χ1v) is 8.46. The molecule has 0 amide bonds. The summed E-state index contributed by atoms with van der Waals surface area (Å²) < 4.78 is 6.02. The van der Waals surface area contributed by atoms with E-state index in [4.69, 9.17) is 16.3 Å². The van der Waals surface area contributed by atoms with E-state index in [1.54, 1.807) is 25.1 Å². The normalized spacial score (nSPS) is 10.8. The van der Waals surface area contributed by atoms with Gasteiger partial charge in [0.15, 0.2) is 0 Å². The van der Waals surface area contributed by atoms with Crippen molar-refractivity contribution in [2.45, 2.75) is 16.5 Å². The zero-order chi connectivity index (χ0) is 15.1. The summed E-state index contributed by atoms with van der Waals surface area (Å²) in [5, 5.41) is 5.00. The zero-order valence-corrected chi connectivity index (χ0v) is 14.8. The molecular weight excluding hydrogens is 372 g/mol. The fraction of sp³-hybridized carbons (Fsp3) is 0.267. The molecule has 0 aliphatic rings. The van der Waals surface area contributed by atoms with E-state index >= 15 is 0 Å². The second-order valence-electron chi connectivity index (χ2n) is 4.31. The maximum absolute atomic E-state index is 6.12. The first-order chi connectivity index (χ1) is 10.2. The third kappa shape index (κ3) is 5.27. The van der Waals surface area contributed by atoms with Crippen LogP contribution in [0.5, 0.6) is 0 Å². The molecule has 0 fully saturated rings. The largest absolute Gasteiger partial charge is 0.383 e. The molecule has 3 nitrogen and oxygen atoms in total. The molecule has 1 aromatic carbocycles. The minimum Gasteiger partial charge on any atom is -0.383 e. The highest BCUT2D eigenvalue weighted by Crippen LogP contribution is 2.35. The number of benzene rings is 1. The lowest BCUT2D eigenvalue weighted by Crippen LogP contribution is -2.18. The Morgan fingerprint density at radius 3 is 3.00 bits per heavy atom. The molecule has 0 aliphatic heterocycles. The van der Waals surface area contributed by atoms with Crippen molar-refractivity contribution in [3.8, 4) is 0 Å². The average Bonchev–Trinajstić information content (AvgIpc) is 2.48. The van der Waals surface area contributed by atoms with Crippen molar-refractivity contribution in [3.05, 3.63) is 51.6 Å². The number of nitrogens with one attached hydrogen (secondary N) is 1. The Balaban J connectivity index is 2.13. The van der Waals surface area contributed by atoms with E-state index in [0.717, 1.165) is 32.5 Å². The van der Waals surface area contributed by atoms with Gasteiger partial charge in [-0.1, -0.05) is 29.4 Å². The summed E-state index contributed by atoms with van der Waals surface area (Å²) in [7, 11) is 1.70. The Bertz CT molecular complexity index is 598. The summed E-state index contributed by atoms with van der Waals surface area (Å²) >= 11 is 11.2. The van der Waals surface area contributed by atoms with Gasteiger partial charge in [-0.25, -0.2) is 4.98 Å². The highest BCUT2D eigenvalue weighted by atomic mass is 79.9. The Kier molecular flexibility index (Phi) is 6.99. The second-order valence-corrected chi connectivity index (χ2v) is 6.64. The van der Waals surface area contributed by atoms with Crippen LogP contribution < -0.4 is 5.32 Å². The van der Waals surface area contributed by atoms with Crippen molar-refractivity contribution in [2.24, 2.45) is 0 Å². The van der Waals surface area contributed by atoms with E-state index < -0.39 is 0 Å². The topological polar surface area (TPSA) is 34.1 Å². The number of aromatic nitrogens is 1. The summed E-state index contributed by atoms with van der Waals surface area (Å²) in [6, 6.07) is 9.81. The minimum atomic E-state index is 0.696. The van der Waals surface area contributed by atoms with Gasteiger partial charge in [0.25, 0.3) is 0 Å². The maximum Gasteiger partial charge on any atom is 0.115 e. The average molecular weight is 388 g/mol. The van der Waals surface area contributed by atoms with Gasteiger partial charge < -0.3 is 10.1 Å². The molecule has 0 atom stereocenters. The number of rotatable bonds is 7. The van der Waals surface area contributed by atoms with Gasteiger partial charge in [-0.2, -0.15) is 0 Å². The third-order valence-electron chi connectivity index (χ3n) is 2.76. The molecule has 2 rings (SSSR count). The first kappa shape index (κ1) is 16.8. The van der Waals surface area contributed by atoms with E-state index in [2.05, 4.69) is 26.2 Å². The lowest BCUT2D eigenvalue weighted by molar-refractivity contribution is 0.199. The number of hydrogen-bond acceptors (Lipinski definition) is 4. The smallest absolute Gasteiger partial charge is 0.115 e. The van der Waals surface area contributed by atoms with Crippen LogP contribution in [-0.2, 0) is 11.3 Å². The quantitative estimate of drug-likeness (QED) is 0.715.